The molecule has 4 aliphatic rings. The van der Waals surface area contributed by atoms with Gasteiger partial charge < -0.3 is 14.7 Å². The first kappa shape index (κ1) is 38.5. The average Bonchev–Trinajstić information content (AvgIpc) is 3.21. The monoisotopic (exact) mass is 783 g/mol. The molecule has 2 aliphatic heterocycles. The van der Waals surface area contributed by atoms with E-state index in [0.29, 0.717) is 0 Å². The third-order valence-corrected chi connectivity index (χ3v) is 14.2. The van der Waals surface area contributed by atoms with Gasteiger partial charge >= 0.3 is 0 Å². The summed E-state index contributed by atoms with van der Waals surface area (Å²) in [7, 11) is 0. The summed E-state index contributed by atoms with van der Waals surface area (Å²) in [6, 6.07) is 40.0. The molecule has 0 radical (unpaired) electrons. The van der Waals surface area contributed by atoms with Crippen molar-refractivity contribution in [1.29, 1.82) is 0 Å². The van der Waals surface area contributed by atoms with Crippen molar-refractivity contribution in [2.24, 2.45) is 0 Å². The number of nitrogens with zero attached hydrogens (tertiary/aromatic N) is 3. The summed E-state index contributed by atoms with van der Waals surface area (Å²) in [6.07, 6.45) is 11.5. The van der Waals surface area contributed by atoms with E-state index in [1.165, 1.54) is 125 Å². The van der Waals surface area contributed by atoms with E-state index in [9.17, 15) is 0 Å². The maximum atomic E-state index is 2.66. The Labute approximate surface area is 359 Å². The molecule has 6 aromatic carbocycles. The van der Waals surface area contributed by atoms with Gasteiger partial charge in [0.2, 0.25) is 0 Å². The van der Waals surface area contributed by atoms with Crippen LogP contribution in [0.1, 0.15) is 97.9 Å². The van der Waals surface area contributed by atoms with E-state index < -0.39 is 0 Å². The lowest BCUT2D eigenvalue weighted by Gasteiger charge is -2.48. The third kappa shape index (κ3) is 5.92. The van der Waals surface area contributed by atoms with E-state index in [1.807, 2.05) is 0 Å². The van der Waals surface area contributed by atoms with Crippen molar-refractivity contribution in [3.8, 4) is 0 Å². The van der Waals surface area contributed by atoms with Crippen LogP contribution in [0, 0.1) is 41.5 Å². The summed E-state index contributed by atoms with van der Waals surface area (Å²) in [5.41, 5.74) is 26.3. The van der Waals surface area contributed by atoms with Crippen LogP contribution in [0.25, 0.3) is 0 Å². The van der Waals surface area contributed by atoms with Crippen molar-refractivity contribution in [3.05, 3.63) is 172 Å². The Hall–Kier alpha value is -5.74. The topological polar surface area (TPSA) is 9.72 Å². The second-order valence-electron chi connectivity index (χ2n) is 19.6. The number of para-hydroxylation sites is 2. The van der Waals surface area contributed by atoms with E-state index in [-0.39, 0.29) is 17.5 Å². The van der Waals surface area contributed by atoms with Crippen LogP contribution in [0.3, 0.4) is 0 Å². The van der Waals surface area contributed by atoms with Crippen LogP contribution >= 0.6 is 0 Å². The van der Waals surface area contributed by atoms with Crippen LogP contribution in [-0.2, 0) is 10.8 Å². The van der Waals surface area contributed by atoms with Gasteiger partial charge in [-0.1, -0.05) is 106 Å². The molecule has 0 spiro atoms. The zero-order valence-corrected chi connectivity index (χ0v) is 37.3. The molecule has 60 heavy (non-hydrogen) atoms. The van der Waals surface area contributed by atoms with Gasteiger partial charge in [0.1, 0.15) is 0 Å². The Balaban J connectivity index is 1.33. The standard InChI is InChI=1S/C56H58BN3/c1-35-28-39(5)54(40(6)29-35)59-48-32-43(58(41-20-13-11-14-21-41)42-22-15-12-16-23-42)24-25-46(48)57-47-33-44-45(56(9,10)27-26-55(44,7)8)34-49(47)60(53-37(3)18-17-19-38(53)4)51-31-36(2)30-50(59)52(51)57/h11,13-15,17-25,28-34H,12,16,26-27H2,1-10H3. The van der Waals surface area contributed by atoms with Crippen LogP contribution in [0.15, 0.2) is 127 Å². The van der Waals surface area contributed by atoms with E-state index in [0.717, 1.165) is 12.8 Å². The fourth-order valence-corrected chi connectivity index (χ4v) is 11.3. The van der Waals surface area contributed by atoms with Crippen LogP contribution in [0.2, 0.25) is 0 Å². The second kappa shape index (κ2) is 13.9. The Bertz CT molecular complexity index is 2760. The third-order valence-electron chi connectivity index (χ3n) is 14.2. The number of benzene rings is 6. The molecule has 6 aromatic rings. The first-order valence-electron chi connectivity index (χ1n) is 22.2. The minimum absolute atomic E-state index is 0.0441. The summed E-state index contributed by atoms with van der Waals surface area (Å²) >= 11 is 0. The molecular weight excluding hydrogens is 725 g/mol. The number of anilines is 8. The van der Waals surface area contributed by atoms with Gasteiger partial charge in [0.15, 0.2) is 0 Å². The molecule has 300 valence electrons. The molecule has 4 heteroatoms. The molecule has 0 saturated carbocycles. The fourth-order valence-electron chi connectivity index (χ4n) is 11.3. The van der Waals surface area contributed by atoms with Crippen molar-refractivity contribution in [2.45, 2.75) is 106 Å². The summed E-state index contributed by atoms with van der Waals surface area (Å²) in [5.74, 6) is 0. The molecule has 0 fully saturated rings. The quantitative estimate of drug-likeness (QED) is 0.161. The number of allylic oxidation sites excluding steroid dienone is 3. The van der Waals surface area contributed by atoms with E-state index in [4.69, 9.17) is 0 Å². The van der Waals surface area contributed by atoms with Crippen molar-refractivity contribution >= 4 is 68.6 Å². The Morgan fingerprint density at radius 1 is 0.517 bits per heavy atom. The molecule has 0 unspecified atom stereocenters. The average molecular weight is 784 g/mol. The Kier molecular flexibility index (Phi) is 8.92. The highest BCUT2D eigenvalue weighted by atomic mass is 15.2. The lowest BCUT2D eigenvalue weighted by atomic mass is 9.33. The van der Waals surface area contributed by atoms with Crippen LogP contribution < -0.4 is 31.1 Å². The molecule has 0 amide bonds. The molecule has 10 rings (SSSR count). The Morgan fingerprint density at radius 3 is 1.72 bits per heavy atom. The smallest absolute Gasteiger partial charge is 0.252 e. The number of hydrogen-bond acceptors (Lipinski definition) is 3. The first-order chi connectivity index (χ1) is 28.7. The maximum absolute atomic E-state index is 2.66. The van der Waals surface area contributed by atoms with Gasteiger partial charge in [-0.3, -0.25) is 0 Å². The summed E-state index contributed by atoms with van der Waals surface area (Å²) in [4.78, 5) is 7.75. The van der Waals surface area contributed by atoms with E-state index in [1.54, 1.807) is 0 Å². The lowest BCUT2D eigenvalue weighted by Crippen LogP contribution is -2.62. The molecule has 3 nitrogen and oxygen atoms in total. The molecule has 0 atom stereocenters. The molecule has 0 N–H and O–H groups in total. The largest absolute Gasteiger partial charge is 0.311 e. The van der Waals surface area contributed by atoms with Crippen LogP contribution in [0.4, 0.5) is 45.5 Å². The van der Waals surface area contributed by atoms with Gasteiger partial charge in [-0.05, 0) is 182 Å². The summed E-state index contributed by atoms with van der Waals surface area (Å²) in [5, 5.41) is 0. The van der Waals surface area contributed by atoms with Crippen molar-refractivity contribution in [1.82, 2.24) is 0 Å². The van der Waals surface area contributed by atoms with Crippen molar-refractivity contribution in [3.63, 3.8) is 0 Å². The van der Waals surface area contributed by atoms with Crippen molar-refractivity contribution in [2.75, 3.05) is 14.7 Å². The highest BCUT2D eigenvalue weighted by Gasteiger charge is 2.47. The van der Waals surface area contributed by atoms with Gasteiger partial charge in [0, 0.05) is 39.8 Å². The highest BCUT2D eigenvalue weighted by molar-refractivity contribution is 7.00. The zero-order valence-electron chi connectivity index (χ0n) is 37.3. The number of fused-ring (bicyclic) bond motifs is 5. The summed E-state index contributed by atoms with van der Waals surface area (Å²) < 4.78 is 0. The molecule has 0 bridgehead atoms. The molecule has 2 heterocycles. The van der Waals surface area contributed by atoms with E-state index in [2.05, 4.69) is 205 Å². The molecule has 2 aliphatic carbocycles. The minimum Gasteiger partial charge on any atom is -0.311 e. The number of aryl methyl sites for hydroxylation is 6. The normalized spacial score (nSPS) is 16.8. The SMILES string of the molecule is Cc1cc(C)c(N2c3cc(N(C4=CCCC=C4)c4ccccc4)ccc3B3c4cc5c(cc4N(c4c(C)cccc4C)c4cc(C)cc2c43)C(C)(C)CCC5(C)C)c(C)c1. The summed E-state index contributed by atoms with van der Waals surface area (Å²) in [6.45, 7) is 23.6. The van der Waals surface area contributed by atoms with Gasteiger partial charge in [-0.2, -0.15) is 0 Å². The highest BCUT2D eigenvalue weighted by Crippen LogP contribution is 2.52. The van der Waals surface area contributed by atoms with Gasteiger partial charge in [-0.25, -0.2) is 0 Å². The second-order valence-corrected chi connectivity index (χ2v) is 19.6. The van der Waals surface area contributed by atoms with Gasteiger partial charge in [0.05, 0.1) is 11.4 Å². The number of hydrogen-bond donors (Lipinski definition) is 0. The number of rotatable bonds is 5. The van der Waals surface area contributed by atoms with Crippen LogP contribution in [0.5, 0.6) is 0 Å². The van der Waals surface area contributed by atoms with E-state index >= 15 is 0 Å². The predicted molar refractivity (Wildman–Crippen MR) is 259 cm³/mol. The van der Waals surface area contributed by atoms with Gasteiger partial charge in [-0.15, -0.1) is 0 Å². The van der Waals surface area contributed by atoms with Gasteiger partial charge in [0.25, 0.3) is 6.71 Å². The fraction of sp³-hybridized carbons (Fsp3) is 0.286. The maximum Gasteiger partial charge on any atom is 0.252 e. The van der Waals surface area contributed by atoms with Crippen molar-refractivity contribution < 1.29 is 0 Å². The minimum atomic E-state index is 0.0441. The molecule has 0 saturated heterocycles. The molecule has 0 aromatic heterocycles. The zero-order chi connectivity index (χ0) is 41.8. The first-order valence-corrected chi connectivity index (χ1v) is 22.2. The van der Waals surface area contributed by atoms with Crippen LogP contribution in [-0.4, -0.2) is 6.71 Å². The Morgan fingerprint density at radius 2 is 1.10 bits per heavy atom. The predicted octanol–water partition coefficient (Wildman–Crippen LogP) is 13.3. The lowest BCUT2D eigenvalue weighted by molar-refractivity contribution is 0.332. The molecular formula is C56H58BN3.